The van der Waals surface area contributed by atoms with E-state index in [1.165, 1.54) is 61.9 Å². The summed E-state index contributed by atoms with van der Waals surface area (Å²) in [5.74, 6) is 0.660. The van der Waals surface area contributed by atoms with Crippen LogP contribution >= 0.6 is 0 Å². The van der Waals surface area contributed by atoms with Gasteiger partial charge in [0.2, 0.25) is 0 Å². The van der Waals surface area contributed by atoms with Crippen LogP contribution in [0.5, 0.6) is 0 Å². The highest BCUT2D eigenvalue weighted by Crippen LogP contribution is 2.43. The molecule has 0 heterocycles. The molecule has 2 atom stereocenters. The molecule has 0 bridgehead atoms. The molecule has 0 saturated carbocycles. The third-order valence-corrected chi connectivity index (χ3v) is 9.76. The van der Waals surface area contributed by atoms with Gasteiger partial charge in [0, 0.05) is 42.3 Å². The van der Waals surface area contributed by atoms with Crippen molar-refractivity contribution in [3.8, 4) is 0 Å². The summed E-state index contributed by atoms with van der Waals surface area (Å²) in [5, 5.41) is 6.36. The van der Waals surface area contributed by atoms with Crippen LogP contribution in [-0.4, -0.2) is 13.1 Å². The Morgan fingerprint density at radius 3 is 1.72 bits per heavy atom. The fraction of sp³-hybridized carbons (Fsp3) is 0.378. The second-order valence-electron chi connectivity index (χ2n) is 15.6. The van der Waals surface area contributed by atoms with Gasteiger partial charge in [-0.15, -0.1) is 0 Å². The minimum absolute atomic E-state index is 0.136. The molecule has 47 heavy (non-hydrogen) atoms. The maximum Gasteiger partial charge on any atom is 0.0422 e. The molecule has 5 aromatic rings. The Hall–Kier alpha value is -4.04. The third kappa shape index (κ3) is 8.28. The molecule has 1 N–H and O–H groups in total. The first-order valence-electron chi connectivity index (χ1n) is 17.6. The summed E-state index contributed by atoms with van der Waals surface area (Å²) in [6.07, 6.45) is 1.18. The van der Waals surface area contributed by atoms with Gasteiger partial charge < -0.3 is 10.2 Å². The molecule has 0 radical (unpaired) electrons. The van der Waals surface area contributed by atoms with Crippen molar-refractivity contribution in [2.75, 3.05) is 23.3 Å². The quantitative estimate of drug-likeness (QED) is 0.147. The van der Waals surface area contributed by atoms with Crippen LogP contribution in [0.25, 0.3) is 10.8 Å². The fourth-order valence-corrected chi connectivity index (χ4v) is 7.11. The lowest BCUT2D eigenvalue weighted by Gasteiger charge is -2.36. The van der Waals surface area contributed by atoms with Gasteiger partial charge in [-0.1, -0.05) is 138 Å². The van der Waals surface area contributed by atoms with Crippen LogP contribution in [0.1, 0.15) is 107 Å². The van der Waals surface area contributed by atoms with Gasteiger partial charge >= 0.3 is 0 Å². The highest BCUT2D eigenvalue weighted by Gasteiger charge is 2.30. The average molecular weight is 625 g/mol. The van der Waals surface area contributed by atoms with Crippen LogP contribution in [0.3, 0.4) is 0 Å². The summed E-state index contributed by atoms with van der Waals surface area (Å²) in [4.78, 5) is 2.41. The summed E-state index contributed by atoms with van der Waals surface area (Å²) in [5.41, 5.74) is 11.0. The number of nitrogens with zero attached hydrogens (tertiary/aromatic N) is 1. The monoisotopic (exact) mass is 624 g/mol. The summed E-state index contributed by atoms with van der Waals surface area (Å²) < 4.78 is 0. The highest BCUT2D eigenvalue weighted by molar-refractivity contribution is 5.97. The zero-order chi connectivity index (χ0) is 33.8. The van der Waals surface area contributed by atoms with E-state index in [0.29, 0.717) is 11.3 Å². The lowest BCUT2D eigenvalue weighted by Crippen LogP contribution is -2.23. The molecule has 0 amide bonds. The lowest BCUT2D eigenvalue weighted by molar-refractivity contribution is 0.229. The fourth-order valence-electron chi connectivity index (χ4n) is 7.11. The van der Waals surface area contributed by atoms with E-state index in [1.54, 1.807) is 0 Å². The highest BCUT2D eigenvalue weighted by atomic mass is 15.1. The molecule has 0 saturated heterocycles. The van der Waals surface area contributed by atoms with E-state index in [-0.39, 0.29) is 11.3 Å². The molecule has 5 aromatic carbocycles. The molecule has 0 aromatic heterocycles. The predicted octanol–water partition coefficient (Wildman–Crippen LogP) is 12.4. The van der Waals surface area contributed by atoms with Crippen LogP contribution in [0, 0.1) is 17.8 Å². The SMILES string of the molecule is CCN(CC)c1ccc(C(c2ccc(C)cc2)c2ccc(NCc3ccc(C(CC(C)(C)C)C(C)(C)C)cc3)c3ccccc23)cc1. The van der Waals surface area contributed by atoms with Gasteiger partial charge in [0.1, 0.15) is 0 Å². The molecule has 0 aliphatic rings. The number of hydrogen-bond acceptors (Lipinski definition) is 2. The Bertz CT molecular complexity index is 1730. The molecule has 2 unspecified atom stereocenters. The number of benzene rings is 5. The topological polar surface area (TPSA) is 15.3 Å². The van der Waals surface area contributed by atoms with E-state index in [0.717, 1.165) is 19.6 Å². The molecule has 0 spiro atoms. The van der Waals surface area contributed by atoms with Crippen molar-refractivity contribution in [3.05, 3.63) is 143 Å². The summed E-state index contributed by atoms with van der Waals surface area (Å²) in [6, 6.07) is 41.2. The molecule has 0 aliphatic carbocycles. The van der Waals surface area contributed by atoms with Crippen LogP contribution in [-0.2, 0) is 6.54 Å². The number of fused-ring (bicyclic) bond motifs is 1. The van der Waals surface area contributed by atoms with E-state index < -0.39 is 0 Å². The molecule has 246 valence electrons. The van der Waals surface area contributed by atoms with Crippen molar-refractivity contribution in [2.24, 2.45) is 10.8 Å². The third-order valence-electron chi connectivity index (χ3n) is 9.76. The molecule has 2 heteroatoms. The van der Waals surface area contributed by atoms with E-state index in [2.05, 4.69) is 182 Å². The Kier molecular flexibility index (Phi) is 10.5. The summed E-state index contributed by atoms with van der Waals surface area (Å²) >= 11 is 0. The van der Waals surface area contributed by atoms with Crippen molar-refractivity contribution < 1.29 is 0 Å². The first-order chi connectivity index (χ1) is 22.4. The molecule has 0 fully saturated rings. The molecular weight excluding hydrogens is 569 g/mol. The number of nitrogens with one attached hydrogen (secondary N) is 1. The van der Waals surface area contributed by atoms with Gasteiger partial charge in [0.15, 0.2) is 0 Å². The molecule has 0 aliphatic heterocycles. The first kappa shape index (κ1) is 34.3. The van der Waals surface area contributed by atoms with Gasteiger partial charge in [0.25, 0.3) is 0 Å². The molecule has 5 rings (SSSR count). The standard InChI is InChI=1S/C45H56N2/c1-10-47(11-2)37-26-24-36(25-27-37)43(35-20-16-32(3)17-21-35)40-28-29-42(39-15-13-12-14-38(39)40)46-31-33-18-22-34(23-19-33)41(45(7,8)9)30-44(4,5)6/h12-29,41,43,46H,10-11,30-31H2,1-9H3. The van der Waals surface area contributed by atoms with Gasteiger partial charge in [-0.25, -0.2) is 0 Å². The Morgan fingerprint density at radius 1 is 0.617 bits per heavy atom. The average Bonchev–Trinajstić information content (AvgIpc) is 3.05. The predicted molar refractivity (Wildman–Crippen MR) is 206 cm³/mol. The normalized spacial score (nSPS) is 13.4. The van der Waals surface area contributed by atoms with Crippen LogP contribution in [0.2, 0.25) is 0 Å². The van der Waals surface area contributed by atoms with Crippen LogP contribution in [0.15, 0.2) is 109 Å². The lowest BCUT2D eigenvalue weighted by atomic mass is 9.69. The number of anilines is 2. The number of hydrogen-bond donors (Lipinski definition) is 1. The van der Waals surface area contributed by atoms with Crippen LogP contribution < -0.4 is 10.2 Å². The van der Waals surface area contributed by atoms with Crippen molar-refractivity contribution in [1.29, 1.82) is 0 Å². The first-order valence-corrected chi connectivity index (χ1v) is 17.6. The zero-order valence-electron chi connectivity index (χ0n) is 30.3. The van der Waals surface area contributed by atoms with E-state index >= 15 is 0 Å². The minimum Gasteiger partial charge on any atom is -0.380 e. The molecule has 2 nitrogen and oxygen atoms in total. The maximum atomic E-state index is 3.80. The minimum atomic E-state index is 0.136. The van der Waals surface area contributed by atoms with Crippen molar-refractivity contribution >= 4 is 22.1 Å². The van der Waals surface area contributed by atoms with Crippen molar-refractivity contribution in [1.82, 2.24) is 0 Å². The smallest absolute Gasteiger partial charge is 0.0422 e. The number of aryl methyl sites for hydroxylation is 1. The second kappa shape index (κ2) is 14.4. The second-order valence-corrected chi connectivity index (χ2v) is 15.6. The van der Waals surface area contributed by atoms with E-state index in [4.69, 9.17) is 0 Å². The number of rotatable bonds is 11. The molecular formula is C45H56N2. The van der Waals surface area contributed by atoms with E-state index in [9.17, 15) is 0 Å². The van der Waals surface area contributed by atoms with Gasteiger partial charge in [-0.3, -0.25) is 0 Å². The van der Waals surface area contributed by atoms with Crippen molar-refractivity contribution in [3.63, 3.8) is 0 Å². The van der Waals surface area contributed by atoms with Crippen molar-refractivity contribution in [2.45, 2.75) is 87.1 Å². The van der Waals surface area contributed by atoms with E-state index in [1.807, 2.05) is 0 Å². The zero-order valence-corrected chi connectivity index (χ0v) is 30.3. The van der Waals surface area contributed by atoms with Gasteiger partial charge in [-0.05, 0) is 95.3 Å². The van der Waals surface area contributed by atoms with Crippen LogP contribution in [0.4, 0.5) is 11.4 Å². The summed E-state index contributed by atoms with van der Waals surface area (Å²) in [7, 11) is 0. The van der Waals surface area contributed by atoms with Gasteiger partial charge in [-0.2, -0.15) is 0 Å². The maximum absolute atomic E-state index is 3.80. The van der Waals surface area contributed by atoms with Gasteiger partial charge in [0.05, 0.1) is 0 Å². The largest absolute Gasteiger partial charge is 0.380 e. The summed E-state index contributed by atoms with van der Waals surface area (Å²) in [6.45, 7) is 23.6. The Labute approximate surface area is 285 Å². The Balaban J connectivity index is 1.46. The Morgan fingerprint density at radius 2 is 1.17 bits per heavy atom.